The fourth-order valence-corrected chi connectivity index (χ4v) is 3.60. The topological polar surface area (TPSA) is 91.7 Å². The van der Waals surface area contributed by atoms with Gasteiger partial charge in [0.1, 0.15) is 0 Å². The van der Waals surface area contributed by atoms with E-state index in [0.717, 1.165) is 33.1 Å². The van der Waals surface area contributed by atoms with Crippen LogP contribution in [0.4, 0.5) is 0 Å². The second kappa shape index (κ2) is 5.87. The van der Waals surface area contributed by atoms with Gasteiger partial charge in [0.25, 0.3) is 0 Å². The molecule has 3 aromatic carbocycles. The lowest BCUT2D eigenvalue weighted by Gasteiger charge is -2.01. The fraction of sp³-hybridized carbons (Fsp3) is 0. The van der Waals surface area contributed by atoms with Crippen molar-refractivity contribution in [2.75, 3.05) is 0 Å². The zero-order valence-electron chi connectivity index (χ0n) is 15.1. The quantitative estimate of drug-likeness (QED) is 0.480. The number of hydrogen-bond acceptors (Lipinski definition) is 4. The molecule has 0 aliphatic heterocycles. The van der Waals surface area contributed by atoms with Crippen molar-refractivity contribution in [2.45, 2.75) is 0 Å². The maximum atomic E-state index is 13.0. The van der Waals surface area contributed by atoms with Crippen LogP contribution in [0.3, 0.4) is 0 Å². The number of aromatic amines is 2. The van der Waals surface area contributed by atoms with Gasteiger partial charge in [-0.1, -0.05) is 48.5 Å². The predicted molar refractivity (Wildman–Crippen MR) is 112 cm³/mol. The minimum Gasteiger partial charge on any atom is -0.336 e. The smallest absolute Gasteiger partial charge is 0.302 e. The van der Waals surface area contributed by atoms with E-state index < -0.39 is 0 Å². The van der Waals surface area contributed by atoms with Crippen molar-refractivity contribution in [3.8, 4) is 22.8 Å². The summed E-state index contributed by atoms with van der Waals surface area (Å²) in [5, 5.41) is 13.8. The molecule has 6 aromatic rings. The molecule has 0 amide bonds. The first-order chi connectivity index (χ1) is 14.3. The van der Waals surface area contributed by atoms with Crippen molar-refractivity contribution in [2.24, 2.45) is 0 Å². The van der Waals surface area contributed by atoms with Crippen LogP contribution in [0.25, 0.3) is 50.2 Å². The van der Waals surface area contributed by atoms with E-state index in [1.165, 1.54) is 4.52 Å². The van der Waals surface area contributed by atoms with E-state index in [0.29, 0.717) is 11.5 Å². The number of nitrogens with zero attached hydrogens (tertiary/aromatic N) is 4. The standard InChI is InChI=1S/C22H14N6O/c29-22-20(21-23-16-7-3-4-8-17(16)24-21)26-25-19-12-18(27-28(19)22)15-10-9-13-5-1-2-6-14(13)11-15/h1-12,27H,(H,23,24). The summed E-state index contributed by atoms with van der Waals surface area (Å²) in [6, 6.07) is 23.7. The number of para-hydroxylation sites is 2. The van der Waals surface area contributed by atoms with Crippen molar-refractivity contribution < 1.29 is 0 Å². The van der Waals surface area contributed by atoms with Crippen molar-refractivity contribution in [3.63, 3.8) is 0 Å². The van der Waals surface area contributed by atoms with Gasteiger partial charge in [-0.25, -0.2) is 4.98 Å². The van der Waals surface area contributed by atoms with Gasteiger partial charge < -0.3 is 4.98 Å². The molecule has 3 aromatic heterocycles. The van der Waals surface area contributed by atoms with Gasteiger partial charge in [0.05, 0.1) is 16.7 Å². The molecular formula is C22H14N6O. The minimum absolute atomic E-state index is 0.172. The number of aromatic nitrogens is 6. The third kappa shape index (κ3) is 2.45. The Bertz CT molecular complexity index is 1560. The summed E-state index contributed by atoms with van der Waals surface area (Å²) < 4.78 is 1.40. The molecule has 0 bridgehead atoms. The van der Waals surface area contributed by atoms with Gasteiger partial charge >= 0.3 is 5.56 Å². The van der Waals surface area contributed by atoms with Crippen LogP contribution in [0.2, 0.25) is 0 Å². The van der Waals surface area contributed by atoms with Crippen molar-refractivity contribution >= 4 is 27.5 Å². The number of H-pyrrole nitrogens is 2. The van der Waals surface area contributed by atoms with Crippen LogP contribution in [0, 0.1) is 0 Å². The first kappa shape index (κ1) is 15.8. The highest BCUT2D eigenvalue weighted by Crippen LogP contribution is 2.24. The van der Waals surface area contributed by atoms with Gasteiger partial charge in [-0.15, -0.1) is 10.2 Å². The van der Waals surface area contributed by atoms with Crippen molar-refractivity contribution in [1.29, 1.82) is 0 Å². The third-order valence-corrected chi connectivity index (χ3v) is 5.07. The Labute approximate surface area is 163 Å². The van der Waals surface area contributed by atoms with Crippen molar-refractivity contribution in [3.05, 3.63) is 83.2 Å². The number of benzene rings is 3. The highest BCUT2D eigenvalue weighted by molar-refractivity contribution is 5.87. The van der Waals surface area contributed by atoms with Crippen LogP contribution in [0.1, 0.15) is 0 Å². The Hall–Kier alpha value is -4.26. The summed E-state index contributed by atoms with van der Waals surface area (Å²) in [6.07, 6.45) is 0. The normalized spacial score (nSPS) is 11.6. The van der Waals surface area contributed by atoms with Crippen LogP contribution in [0.15, 0.2) is 77.6 Å². The van der Waals surface area contributed by atoms with Crippen LogP contribution in [-0.2, 0) is 0 Å². The number of hydrogen-bond donors (Lipinski definition) is 2. The summed E-state index contributed by atoms with van der Waals surface area (Å²) in [5.41, 5.74) is 3.71. The molecule has 0 fully saturated rings. The molecule has 0 saturated carbocycles. The number of rotatable bonds is 2. The van der Waals surface area contributed by atoms with E-state index >= 15 is 0 Å². The van der Waals surface area contributed by atoms with E-state index in [-0.39, 0.29) is 11.3 Å². The molecule has 0 atom stereocenters. The van der Waals surface area contributed by atoms with Gasteiger partial charge in [0.15, 0.2) is 17.2 Å². The first-order valence-electron chi connectivity index (χ1n) is 9.19. The molecule has 0 saturated heterocycles. The van der Waals surface area contributed by atoms with Crippen LogP contribution < -0.4 is 5.56 Å². The molecule has 3 heterocycles. The highest BCUT2D eigenvalue weighted by atomic mass is 16.1. The molecule has 7 nitrogen and oxygen atoms in total. The lowest BCUT2D eigenvalue weighted by atomic mass is 10.1. The highest BCUT2D eigenvalue weighted by Gasteiger charge is 2.15. The lowest BCUT2D eigenvalue weighted by Crippen LogP contribution is -2.19. The molecular weight excluding hydrogens is 364 g/mol. The molecule has 0 spiro atoms. The molecule has 0 aliphatic rings. The summed E-state index contributed by atoms with van der Waals surface area (Å²) in [5.74, 6) is 0.403. The summed E-state index contributed by atoms with van der Waals surface area (Å²) >= 11 is 0. The van der Waals surface area contributed by atoms with Gasteiger partial charge in [-0.2, -0.15) is 4.52 Å². The van der Waals surface area contributed by atoms with Crippen LogP contribution >= 0.6 is 0 Å². The molecule has 0 radical (unpaired) electrons. The predicted octanol–water partition coefficient (Wildman–Crippen LogP) is 3.78. The Morgan fingerprint density at radius 1 is 0.828 bits per heavy atom. The Balaban J connectivity index is 1.51. The Morgan fingerprint density at radius 3 is 2.55 bits per heavy atom. The SMILES string of the molecule is O=c1c(-c2nc3ccccc3[nH]2)nnc2cc(-c3ccc4ccccc4c3)[nH]n12. The molecule has 0 aliphatic carbocycles. The van der Waals surface area contributed by atoms with Gasteiger partial charge in [0.2, 0.25) is 0 Å². The van der Waals surface area contributed by atoms with Crippen LogP contribution in [0.5, 0.6) is 0 Å². The molecule has 7 heteroatoms. The molecule has 0 unspecified atom stereocenters. The maximum Gasteiger partial charge on any atom is 0.302 e. The average molecular weight is 378 g/mol. The molecule has 2 N–H and O–H groups in total. The molecule has 6 rings (SSSR count). The van der Waals surface area contributed by atoms with E-state index in [1.54, 1.807) is 0 Å². The van der Waals surface area contributed by atoms with Gasteiger partial charge in [0, 0.05) is 11.6 Å². The molecule has 29 heavy (non-hydrogen) atoms. The monoisotopic (exact) mass is 378 g/mol. The second-order valence-electron chi connectivity index (χ2n) is 6.88. The van der Waals surface area contributed by atoms with E-state index in [2.05, 4.69) is 49.5 Å². The number of fused-ring (bicyclic) bond motifs is 3. The van der Waals surface area contributed by atoms with E-state index in [1.807, 2.05) is 48.5 Å². The first-order valence-corrected chi connectivity index (χ1v) is 9.19. The van der Waals surface area contributed by atoms with Crippen molar-refractivity contribution in [1.82, 2.24) is 29.8 Å². The summed E-state index contributed by atoms with van der Waals surface area (Å²) in [6.45, 7) is 0. The van der Waals surface area contributed by atoms with Crippen LogP contribution in [-0.4, -0.2) is 29.8 Å². The second-order valence-corrected chi connectivity index (χ2v) is 6.88. The Kier molecular flexibility index (Phi) is 3.19. The van der Waals surface area contributed by atoms with Gasteiger partial charge in [-0.05, 0) is 29.0 Å². The fourth-order valence-electron chi connectivity index (χ4n) is 3.60. The summed E-state index contributed by atoms with van der Waals surface area (Å²) in [7, 11) is 0. The largest absolute Gasteiger partial charge is 0.336 e. The lowest BCUT2D eigenvalue weighted by molar-refractivity contribution is 0.856. The van der Waals surface area contributed by atoms with E-state index in [4.69, 9.17) is 0 Å². The number of nitrogens with one attached hydrogen (secondary N) is 2. The van der Waals surface area contributed by atoms with E-state index in [9.17, 15) is 4.79 Å². The molecule has 138 valence electrons. The maximum absolute atomic E-state index is 13.0. The van der Waals surface area contributed by atoms with Gasteiger partial charge in [-0.3, -0.25) is 9.89 Å². The zero-order valence-corrected chi connectivity index (χ0v) is 15.1. The zero-order chi connectivity index (χ0) is 19.4. The number of imidazole rings is 1. The Morgan fingerprint density at radius 2 is 1.66 bits per heavy atom. The summed E-state index contributed by atoms with van der Waals surface area (Å²) in [4.78, 5) is 20.6. The average Bonchev–Trinajstić information content (AvgIpc) is 3.38. The third-order valence-electron chi connectivity index (χ3n) is 5.07. The minimum atomic E-state index is -0.305.